The van der Waals surface area contributed by atoms with E-state index in [1.807, 2.05) is 4.90 Å². The van der Waals surface area contributed by atoms with Crippen molar-refractivity contribution in [3.8, 4) is 0 Å². The van der Waals surface area contributed by atoms with Crippen molar-refractivity contribution >= 4 is 6.03 Å². The number of amides is 2. The summed E-state index contributed by atoms with van der Waals surface area (Å²) in [6.45, 7) is 8.81. The fourth-order valence-electron chi connectivity index (χ4n) is 3.90. The Balaban J connectivity index is 1.44. The number of piperazine rings is 1. The standard InChI is InChI=1S/C20H30F2N4O/c1-15(17-11-18(21)13-19(22)12-17)23-20(27)26-5-3-16(4-6-26)14-25-9-7-24(2)8-10-25/h11-13,15-16H,3-10,14H2,1-2H3,(H,23,27). The van der Waals surface area contributed by atoms with E-state index in [0.717, 1.165) is 64.7 Å². The van der Waals surface area contributed by atoms with Gasteiger partial charge in [-0.2, -0.15) is 0 Å². The molecule has 2 aliphatic rings. The van der Waals surface area contributed by atoms with Gasteiger partial charge in [-0.15, -0.1) is 0 Å². The zero-order valence-electron chi connectivity index (χ0n) is 16.3. The van der Waals surface area contributed by atoms with Crippen molar-refractivity contribution in [1.82, 2.24) is 20.0 Å². The third-order valence-corrected chi connectivity index (χ3v) is 5.74. The van der Waals surface area contributed by atoms with E-state index in [1.54, 1.807) is 6.92 Å². The molecule has 1 aromatic carbocycles. The highest BCUT2D eigenvalue weighted by atomic mass is 19.1. The van der Waals surface area contributed by atoms with E-state index in [-0.39, 0.29) is 6.03 Å². The van der Waals surface area contributed by atoms with Gasteiger partial charge in [-0.25, -0.2) is 13.6 Å². The fourth-order valence-corrected chi connectivity index (χ4v) is 3.90. The number of likely N-dealkylation sites (N-methyl/N-ethyl adjacent to an activating group) is 1. The second-order valence-electron chi connectivity index (χ2n) is 7.91. The van der Waals surface area contributed by atoms with Gasteiger partial charge in [0.2, 0.25) is 0 Å². The first-order valence-electron chi connectivity index (χ1n) is 9.83. The molecule has 0 saturated carbocycles. The molecule has 2 aliphatic heterocycles. The lowest BCUT2D eigenvalue weighted by atomic mass is 9.96. The van der Waals surface area contributed by atoms with Crippen LogP contribution in [0.2, 0.25) is 0 Å². The van der Waals surface area contributed by atoms with Crippen molar-refractivity contribution in [2.24, 2.45) is 5.92 Å². The van der Waals surface area contributed by atoms with Crippen LogP contribution in [0.4, 0.5) is 13.6 Å². The molecule has 150 valence electrons. The van der Waals surface area contributed by atoms with E-state index in [1.165, 1.54) is 12.1 Å². The Hall–Kier alpha value is -1.73. The van der Waals surface area contributed by atoms with Gasteiger partial charge in [0.25, 0.3) is 0 Å². The summed E-state index contributed by atoms with van der Waals surface area (Å²) in [5.74, 6) is -0.626. The van der Waals surface area contributed by atoms with Crippen molar-refractivity contribution in [3.05, 3.63) is 35.4 Å². The average molecular weight is 380 g/mol. The number of carbonyl (C=O) groups is 1. The number of nitrogens with one attached hydrogen (secondary N) is 1. The van der Waals surface area contributed by atoms with Crippen molar-refractivity contribution in [1.29, 1.82) is 0 Å². The topological polar surface area (TPSA) is 38.8 Å². The molecule has 3 rings (SSSR count). The highest BCUT2D eigenvalue weighted by Crippen LogP contribution is 2.21. The molecule has 0 aliphatic carbocycles. The van der Waals surface area contributed by atoms with Crippen LogP contribution in [0.1, 0.15) is 31.4 Å². The van der Waals surface area contributed by atoms with Crippen LogP contribution in [0, 0.1) is 17.6 Å². The van der Waals surface area contributed by atoms with E-state index >= 15 is 0 Å². The van der Waals surface area contributed by atoms with Gasteiger partial charge in [-0.3, -0.25) is 0 Å². The Labute approximate surface area is 160 Å². The second kappa shape index (κ2) is 8.97. The summed E-state index contributed by atoms with van der Waals surface area (Å²) in [5, 5.41) is 2.86. The van der Waals surface area contributed by atoms with Crippen LogP contribution < -0.4 is 5.32 Å². The Morgan fingerprint density at radius 3 is 2.26 bits per heavy atom. The van der Waals surface area contributed by atoms with Crippen molar-refractivity contribution in [2.75, 3.05) is 52.9 Å². The summed E-state index contributed by atoms with van der Waals surface area (Å²) in [7, 11) is 2.16. The molecule has 5 nitrogen and oxygen atoms in total. The van der Waals surface area contributed by atoms with Crippen LogP contribution in [-0.2, 0) is 0 Å². The molecule has 1 atom stereocenters. The number of rotatable bonds is 4. The Morgan fingerprint density at radius 2 is 1.67 bits per heavy atom. The predicted octanol–water partition coefficient (Wildman–Crippen LogP) is 2.69. The number of piperidine rings is 1. The van der Waals surface area contributed by atoms with Crippen molar-refractivity contribution < 1.29 is 13.6 Å². The number of benzene rings is 1. The molecule has 7 heteroatoms. The monoisotopic (exact) mass is 380 g/mol. The largest absolute Gasteiger partial charge is 0.331 e. The normalized spacial score (nSPS) is 21.3. The van der Waals surface area contributed by atoms with E-state index in [2.05, 4.69) is 22.2 Å². The van der Waals surface area contributed by atoms with Crippen LogP contribution in [0.25, 0.3) is 0 Å². The third-order valence-electron chi connectivity index (χ3n) is 5.74. The van der Waals surface area contributed by atoms with Crippen LogP contribution >= 0.6 is 0 Å². The molecule has 1 unspecified atom stereocenters. The number of halogens is 2. The number of hydrogen-bond donors (Lipinski definition) is 1. The average Bonchev–Trinajstić information content (AvgIpc) is 2.63. The van der Waals surface area contributed by atoms with Gasteiger partial charge in [0.15, 0.2) is 0 Å². The summed E-state index contributed by atoms with van der Waals surface area (Å²) >= 11 is 0. The van der Waals surface area contributed by atoms with Crippen LogP contribution in [0.5, 0.6) is 0 Å². The van der Waals surface area contributed by atoms with Crippen LogP contribution in [0.15, 0.2) is 18.2 Å². The molecule has 2 heterocycles. The van der Waals surface area contributed by atoms with Gasteiger partial charge in [-0.05, 0) is 50.4 Å². The minimum atomic E-state index is -0.629. The molecule has 0 spiro atoms. The summed E-state index contributed by atoms with van der Waals surface area (Å²) in [6, 6.07) is 2.76. The van der Waals surface area contributed by atoms with Gasteiger partial charge in [-0.1, -0.05) is 0 Å². The number of carbonyl (C=O) groups excluding carboxylic acids is 1. The lowest BCUT2D eigenvalue weighted by Gasteiger charge is -2.38. The molecule has 27 heavy (non-hydrogen) atoms. The fraction of sp³-hybridized carbons (Fsp3) is 0.650. The molecule has 1 aromatic rings. The van der Waals surface area contributed by atoms with Crippen molar-refractivity contribution in [2.45, 2.75) is 25.8 Å². The van der Waals surface area contributed by atoms with E-state index in [0.29, 0.717) is 11.5 Å². The number of hydrogen-bond acceptors (Lipinski definition) is 3. The van der Waals surface area contributed by atoms with Crippen molar-refractivity contribution in [3.63, 3.8) is 0 Å². The van der Waals surface area contributed by atoms with E-state index < -0.39 is 17.7 Å². The maximum Gasteiger partial charge on any atom is 0.317 e. The molecular formula is C20H30F2N4O. The lowest BCUT2D eigenvalue weighted by Crippen LogP contribution is -2.49. The number of nitrogens with zero attached hydrogens (tertiary/aromatic N) is 3. The Morgan fingerprint density at radius 1 is 1.07 bits per heavy atom. The second-order valence-corrected chi connectivity index (χ2v) is 7.91. The quantitative estimate of drug-likeness (QED) is 0.873. The summed E-state index contributed by atoms with van der Waals surface area (Å²) in [4.78, 5) is 19.2. The summed E-state index contributed by atoms with van der Waals surface area (Å²) in [6.07, 6.45) is 2.01. The van der Waals surface area contributed by atoms with Gasteiger partial charge in [0.1, 0.15) is 11.6 Å². The smallest absolute Gasteiger partial charge is 0.317 e. The zero-order valence-corrected chi connectivity index (χ0v) is 16.3. The van der Waals surface area contributed by atoms with Gasteiger partial charge < -0.3 is 20.0 Å². The molecule has 1 N–H and O–H groups in total. The maximum atomic E-state index is 13.4. The Bertz CT molecular complexity index is 621. The first-order chi connectivity index (χ1) is 12.9. The number of urea groups is 1. The highest BCUT2D eigenvalue weighted by Gasteiger charge is 2.26. The predicted molar refractivity (Wildman–Crippen MR) is 102 cm³/mol. The molecule has 0 aromatic heterocycles. The molecule has 0 bridgehead atoms. The molecule has 2 fully saturated rings. The lowest BCUT2D eigenvalue weighted by molar-refractivity contribution is 0.110. The highest BCUT2D eigenvalue weighted by molar-refractivity contribution is 5.74. The molecular weight excluding hydrogens is 350 g/mol. The molecule has 0 radical (unpaired) electrons. The van der Waals surface area contributed by atoms with Gasteiger partial charge in [0, 0.05) is 51.9 Å². The van der Waals surface area contributed by atoms with Gasteiger partial charge >= 0.3 is 6.03 Å². The van der Waals surface area contributed by atoms with E-state index in [9.17, 15) is 13.6 Å². The zero-order chi connectivity index (χ0) is 19.4. The minimum Gasteiger partial charge on any atom is -0.331 e. The third kappa shape index (κ3) is 5.62. The molecule has 2 amide bonds. The van der Waals surface area contributed by atoms with Gasteiger partial charge in [0.05, 0.1) is 6.04 Å². The summed E-state index contributed by atoms with van der Waals surface area (Å²) in [5.41, 5.74) is 0.436. The van der Waals surface area contributed by atoms with Crippen LogP contribution in [-0.4, -0.2) is 73.6 Å². The SMILES string of the molecule is CC(NC(=O)N1CCC(CN2CCN(C)CC2)CC1)c1cc(F)cc(F)c1. The maximum absolute atomic E-state index is 13.4. The molecule has 2 saturated heterocycles. The first-order valence-corrected chi connectivity index (χ1v) is 9.83. The van der Waals surface area contributed by atoms with Crippen LogP contribution in [0.3, 0.4) is 0 Å². The minimum absolute atomic E-state index is 0.162. The number of likely N-dealkylation sites (tertiary alicyclic amines) is 1. The van der Waals surface area contributed by atoms with E-state index in [4.69, 9.17) is 0 Å². The first kappa shape index (κ1) is 20.0. The summed E-state index contributed by atoms with van der Waals surface area (Å²) < 4.78 is 26.7. The Kier molecular flexibility index (Phi) is 6.65.